The van der Waals surface area contributed by atoms with E-state index in [1.165, 1.54) is 11.1 Å². The number of benzene rings is 1. The van der Waals surface area contributed by atoms with Crippen molar-refractivity contribution in [1.82, 2.24) is 0 Å². The Kier molecular flexibility index (Phi) is 5.11. The third-order valence-corrected chi connectivity index (χ3v) is 19.6. The molecule has 0 aliphatic rings. The van der Waals surface area contributed by atoms with Crippen molar-refractivity contribution in [3.05, 3.63) is 29.3 Å². The Labute approximate surface area is 117 Å². The minimum absolute atomic E-state index is 0.840. The Morgan fingerprint density at radius 2 is 1.17 bits per heavy atom. The molecule has 0 heterocycles. The zero-order chi connectivity index (χ0) is 14.1. The first-order valence-corrected chi connectivity index (χ1v) is 12.0. The molecule has 0 atom stereocenters. The molecule has 102 valence electrons. The number of hydrogen-bond acceptors (Lipinski definition) is 0. The molecule has 0 saturated heterocycles. The van der Waals surface area contributed by atoms with Crippen LogP contribution in [0.5, 0.6) is 0 Å². The summed E-state index contributed by atoms with van der Waals surface area (Å²) in [6, 6.07) is 7.26. The maximum absolute atomic E-state index is 2.50. The van der Waals surface area contributed by atoms with Crippen LogP contribution in [-0.4, -0.2) is 13.3 Å². The van der Waals surface area contributed by atoms with Crippen LogP contribution in [0.25, 0.3) is 0 Å². The Bertz CT molecular complexity index is 380. The summed E-state index contributed by atoms with van der Waals surface area (Å²) < 4.78 is 4.23. The van der Waals surface area contributed by atoms with Crippen molar-refractivity contribution in [1.29, 1.82) is 0 Å². The molecule has 1 rings (SSSR count). The molecule has 0 bridgehead atoms. The van der Waals surface area contributed by atoms with Crippen molar-refractivity contribution in [2.24, 2.45) is 0 Å². The van der Waals surface area contributed by atoms with Crippen molar-refractivity contribution in [3.8, 4) is 0 Å². The van der Waals surface area contributed by atoms with Gasteiger partial charge >= 0.3 is 117 Å². The van der Waals surface area contributed by atoms with Gasteiger partial charge in [0.05, 0.1) is 0 Å². The van der Waals surface area contributed by atoms with Crippen LogP contribution < -0.4 is 4.40 Å². The number of hydrogen-bond donors (Lipinski definition) is 0. The van der Waals surface area contributed by atoms with Crippen LogP contribution in [0, 0.1) is 13.8 Å². The van der Waals surface area contributed by atoms with Gasteiger partial charge in [0.1, 0.15) is 0 Å². The van der Waals surface area contributed by atoms with E-state index in [-0.39, 0.29) is 0 Å². The summed E-state index contributed by atoms with van der Waals surface area (Å²) >= 11 is -2.06. The monoisotopic (exact) mass is 308 g/mol. The van der Waals surface area contributed by atoms with Gasteiger partial charge in [0.15, 0.2) is 0 Å². The van der Waals surface area contributed by atoms with Gasteiger partial charge < -0.3 is 0 Å². The van der Waals surface area contributed by atoms with Crippen LogP contribution in [0.3, 0.4) is 0 Å². The Morgan fingerprint density at radius 3 is 1.50 bits per heavy atom. The average molecular weight is 307 g/mol. The first kappa shape index (κ1) is 15.8. The number of aryl methyl sites for hydroxylation is 2. The summed E-state index contributed by atoms with van der Waals surface area (Å²) in [5.74, 6) is 0. The van der Waals surface area contributed by atoms with Gasteiger partial charge in [0, 0.05) is 0 Å². The third-order valence-electron chi connectivity index (χ3n) is 4.87. The Hall–Kier alpha value is -0.237. The molecule has 1 aromatic rings. The fraction of sp³-hybridized carbons (Fsp3) is 0.647. The second-order valence-electron chi connectivity index (χ2n) is 6.70. The van der Waals surface area contributed by atoms with Gasteiger partial charge in [-0.15, -0.1) is 0 Å². The van der Waals surface area contributed by atoms with Gasteiger partial charge in [0.2, 0.25) is 0 Å². The number of rotatable bonds is 4. The molecule has 0 amide bonds. The first-order chi connectivity index (χ1) is 8.24. The van der Waals surface area contributed by atoms with E-state index in [1.807, 2.05) is 0 Å². The zero-order valence-corrected chi connectivity index (χ0v) is 15.6. The van der Waals surface area contributed by atoms with Crippen molar-refractivity contribution in [2.75, 3.05) is 0 Å². The molecule has 0 saturated carbocycles. The van der Waals surface area contributed by atoms with E-state index >= 15 is 0 Å². The zero-order valence-electron chi connectivity index (χ0n) is 13.5. The van der Waals surface area contributed by atoms with Crippen molar-refractivity contribution < 1.29 is 0 Å². The van der Waals surface area contributed by atoms with E-state index in [2.05, 4.69) is 73.6 Å². The van der Waals surface area contributed by atoms with Crippen LogP contribution in [-0.2, 0) is 0 Å². The van der Waals surface area contributed by atoms with E-state index < -0.39 is 13.3 Å². The molecule has 0 N–H and O–H groups in total. The van der Waals surface area contributed by atoms with E-state index in [9.17, 15) is 0 Å². The van der Waals surface area contributed by atoms with Crippen LogP contribution in [0.1, 0.15) is 52.7 Å². The van der Waals surface area contributed by atoms with Gasteiger partial charge in [-0.3, -0.25) is 0 Å². The second kappa shape index (κ2) is 5.82. The van der Waals surface area contributed by atoms with Gasteiger partial charge in [-0.2, -0.15) is 0 Å². The van der Waals surface area contributed by atoms with Crippen molar-refractivity contribution in [2.45, 2.75) is 69.6 Å². The molecule has 0 aliphatic carbocycles. The summed E-state index contributed by atoms with van der Waals surface area (Å²) in [4.78, 5) is 0. The molecule has 1 heteroatoms. The summed E-state index contributed by atoms with van der Waals surface area (Å²) in [5.41, 5.74) is 2.88. The van der Waals surface area contributed by atoms with E-state index in [1.54, 1.807) is 4.40 Å². The summed E-state index contributed by atoms with van der Waals surface area (Å²) in [7, 11) is 0. The molecule has 0 spiro atoms. The molecule has 0 aliphatic heterocycles. The predicted octanol–water partition coefficient (Wildman–Crippen LogP) is 5.19. The quantitative estimate of drug-likeness (QED) is 0.672. The minimum atomic E-state index is -2.06. The predicted molar refractivity (Wildman–Crippen MR) is 86.6 cm³/mol. The third kappa shape index (κ3) is 2.54. The topological polar surface area (TPSA) is 0 Å². The van der Waals surface area contributed by atoms with Crippen molar-refractivity contribution in [3.63, 3.8) is 0 Å². The summed E-state index contributed by atoms with van der Waals surface area (Å²) in [5, 5.41) is 0. The maximum atomic E-state index is 2.50. The average Bonchev–Trinajstić information content (AvgIpc) is 2.22. The van der Waals surface area contributed by atoms with Crippen molar-refractivity contribution >= 4 is 17.7 Å². The Morgan fingerprint density at radius 1 is 0.722 bits per heavy atom. The van der Waals surface area contributed by atoms with Crippen LogP contribution >= 0.6 is 0 Å². The van der Waals surface area contributed by atoms with Gasteiger partial charge in [-0.1, -0.05) is 0 Å². The van der Waals surface area contributed by atoms with E-state index in [0.29, 0.717) is 0 Å². The molecule has 0 unspecified atom stereocenters. The fourth-order valence-electron chi connectivity index (χ4n) is 4.01. The first-order valence-electron chi connectivity index (χ1n) is 7.32. The SMILES string of the molecule is Cc1cc[c]([Ge]([CH](C)C)([CH](C)C)[CH](C)C)cc1C. The molecule has 0 radical (unpaired) electrons. The van der Waals surface area contributed by atoms with Crippen LogP contribution in [0.15, 0.2) is 18.2 Å². The van der Waals surface area contributed by atoms with Gasteiger partial charge in [-0.25, -0.2) is 0 Å². The molecule has 1 aromatic carbocycles. The normalized spacial score (nSPS) is 12.8. The van der Waals surface area contributed by atoms with E-state index in [0.717, 1.165) is 14.3 Å². The molecule has 0 fully saturated rings. The molecule has 18 heavy (non-hydrogen) atoms. The Balaban J connectivity index is 3.46. The molecule has 0 nitrogen and oxygen atoms in total. The van der Waals surface area contributed by atoms with E-state index in [4.69, 9.17) is 0 Å². The second-order valence-corrected chi connectivity index (χ2v) is 19.1. The molecule has 0 aromatic heterocycles. The van der Waals surface area contributed by atoms with Gasteiger partial charge in [-0.05, 0) is 0 Å². The summed E-state index contributed by atoms with van der Waals surface area (Å²) in [6.07, 6.45) is 0. The molecular formula is C17H30Ge. The van der Waals surface area contributed by atoms with Crippen LogP contribution in [0.2, 0.25) is 14.3 Å². The molecular weight excluding hydrogens is 277 g/mol. The fourth-order valence-corrected chi connectivity index (χ4v) is 18.4. The van der Waals surface area contributed by atoms with Gasteiger partial charge in [0.25, 0.3) is 0 Å². The standard InChI is InChI=1S/C17H30Ge/c1-12(2)18(13(3)4,14(5)6)17-10-9-15(7)16(8)11-17/h9-14H,1-8H3. The van der Waals surface area contributed by atoms with Crippen LogP contribution in [0.4, 0.5) is 0 Å². The summed E-state index contributed by atoms with van der Waals surface area (Å²) in [6.45, 7) is 19.2.